The molecule has 1 aliphatic carbocycles. The Morgan fingerprint density at radius 2 is 2.00 bits per heavy atom. The normalized spacial score (nSPS) is 21.5. The molecule has 0 radical (unpaired) electrons. The van der Waals surface area contributed by atoms with Gasteiger partial charge in [0.25, 0.3) is 0 Å². The first-order valence-corrected chi connectivity index (χ1v) is 12.4. The third kappa shape index (κ3) is 3.77. The van der Waals surface area contributed by atoms with Crippen LogP contribution in [0.25, 0.3) is 11.1 Å². The number of benzene rings is 1. The number of carbonyl (C=O) groups excluding carboxylic acids is 1. The molecule has 2 fully saturated rings. The molecule has 0 saturated carbocycles. The van der Waals surface area contributed by atoms with Gasteiger partial charge in [0.05, 0.1) is 21.5 Å². The number of hydrogen-bond donors (Lipinski definition) is 0. The zero-order valence-corrected chi connectivity index (χ0v) is 21.7. The van der Waals surface area contributed by atoms with Gasteiger partial charge >= 0.3 is 6.09 Å². The molecule has 0 bridgehead atoms. The fourth-order valence-electron chi connectivity index (χ4n) is 5.63. The first-order chi connectivity index (χ1) is 16.0. The minimum absolute atomic E-state index is 0.194. The van der Waals surface area contributed by atoms with E-state index in [9.17, 15) is 9.18 Å². The van der Waals surface area contributed by atoms with Crippen LogP contribution in [0.15, 0.2) is 16.7 Å². The molecule has 2 aromatic rings. The van der Waals surface area contributed by atoms with Crippen molar-refractivity contribution in [2.45, 2.75) is 45.3 Å². The van der Waals surface area contributed by atoms with Crippen molar-refractivity contribution in [3.8, 4) is 11.1 Å². The molecule has 1 aromatic heterocycles. The van der Waals surface area contributed by atoms with Crippen molar-refractivity contribution in [2.75, 3.05) is 43.5 Å². The third-order valence-electron chi connectivity index (χ3n) is 7.03. The highest BCUT2D eigenvalue weighted by atomic mass is 79.9. The van der Waals surface area contributed by atoms with E-state index in [1.165, 1.54) is 11.9 Å². The molecular formula is C25H29BrF2N4O2. The lowest BCUT2D eigenvalue weighted by molar-refractivity contribution is 0.0589. The molecule has 2 saturated heterocycles. The molecule has 0 spiro atoms. The molecule has 1 aromatic carbocycles. The van der Waals surface area contributed by atoms with Crippen molar-refractivity contribution in [3.05, 3.63) is 39.6 Å². The maximum Gasteiger partial charge on any atom is 0.414 e. The van der Waals surface area contributed by atoms with Crippen LogP contribution in [0.1, 0.15) is 38.4 Å². The Bertz CT molecular complexity index is 1180. The van der Waals surface area contributed by atoms with Crippen LogP contribution in [0.3, 0.4) is 0 Å². The smallest absolute Gasteiger partial charge is 0.414 e. The van der Waals surface area contributed by atoms with Crippen LogP contribution in [-0.4, -0.2) is 61.3 Å². The highest BCUT2D eigenvalue weighted by molar-refractivity contribution is 9.10. The van der Waals surface area contributed by atoms with Crippen LogP contribution in [-0.2, 0) is 11.2 Å². The summed E-state index contributed by atoms with van der Waals surface area (Å²) in [7, 11) is 3.64. The van der Waals surface area contributed by atoms with E-state index in [-0.39, 0.29) is 5.56 Å². The number of halogens is 3. The Balaban J connectivity index is 1.64. The number of ether oxygens (including phenoxy) is 1. The number of rotatable bonds is 2. The van der Waals surface area contributed by atoms with E-state index >= 15 is 4.39 Å². The zero-order valence-electron chi connectivity index (χ0n) is 20.1. The van der Waals surface area contributed by atoms with Crippen LogP contribution in [0.5, 0.6) is 0 Å². The SMILES string of the molecule is CN1CC2[C@@H](CCN2c2c(Br)cnc3c2-c2c(F)c(F)cc(N(C)C(=O)OC(C)(C)C)c2C3)C1. The van der Waals surface area contributed by atoms with Crippen molar-refractivity contribution < 1.29 is 18.3 Å². The molecule has 0 N–H and O–H groups in total. The summed E-state index contributed by atoms with van der Waals surface area (Å²) in [5.74, 6) is -1.36. The lowest BCUT2D eigenvalue weighted by Crippen LogP contribution is -2.35. The molecule has 5 rings (SSSR count). The van der Waals surface area contributed by atoms with E-state index in [1.54, 1.807) is 27.0 Å². The second kappa shape index (κ2) is 8.16. The number of likely N-dealkylation sites (tertiary alicyclic amines) is 1. The van der Waals surface area contributed by atoms with Gasteiger partial charge < -0.3 is 14.5 Å². The van der Waals surface area contributed by atoms with E-state index in [2.05, 4.69) is 37.8 Å². The van der Waals surface area contributed by atoms with Crippen molar-refractivity contribution >= 4 is 33.4 Å². The average Bonchev–Trinajstić information content (AvgIpc) is 3.41. The van der Waals surface area contributed by atoms with Crippen LogP contribution in [0.4, 0.5) is 25.0 Å². The monoisotopic (exact) mass is 534 g/mol. The van der Waals surface area contributed by atoms with E-state index in [1.807, 2.05) is 0 Å². The number of pyridine rings is 1. The molecule has 34 heavy (non-hydrogen) atoms. The maximum absolute atomic E-state index is 15.4. The predicted molar refractivity (Wildman–Crippen MR) is 131 cm³/mol. The number of nitrogens with zero attached hydrogens (tertiary/aromatic N) is 4. The largest absolute Gasteiger partial charge is 0.443 e. The predicted octanol–water partition coefficient (Wildman–Crippen LogP) is 5.21. The Morgan fingerprint density at radius 3 is 2.71 bits per heavy atom. The maximum atomic E-state index is 15.4. The molecule has 182 valence electrons. The van der Waals surface area contributed by atoms with Crippen molar-refractivity contribution in [3.63, 3.8) is 0 Å². The summed E-state index contributed by atoms with van der Waals surface area (Å²) in [5, 5.41) is 0. The minimum Gasteiger partial charge on any atom is -0.443 e. The first kappa shape index (κ1) is 23.5. The second-order valence-corrected chi connectivity index (χ2v) is 11.4. The molecule has 3 aliphatic rings. The lowest BCUT2D eigenvalue weighted by atomic mass is 10.0. The van der Waals surface area contributed by atoms with Gasteiger partial charge in [-0.1, -0.05) is 0 Å². The molecule has 3 heterocycles. The van der Waals surface area contributed by atoms with E-state index in [0.29, 0.717) is 40.9 Å². The van der Waals surface area contributed by atoms with Crippen LogP contribution >= 0.6 is 15.9 Å². The third-order valence-corrected chi connectivity index (χ3v) is 7.61. The highest BCUT2D eigenvalue weighted by Crippen LogP contribution is 2.51. The highest BCUT2D eigenvalue weighted by Gasteiger charge is 2.43. The van der Waals surface area contributed by atoms with Crippen molar-refractivity contribution in [2.24, 2.45) is 5.92 Å². The summed E-state index contributed by atoms with van der Waals surface area (Å²) < 4.78 is 36.6. The van der Waals surface area contributed by atoms with Gasteiger partial charge in [-0.15, -0.1) is 0 Å². The van der Waals surface area contributed by atoms with Gasteiger partial charge in [0.1, 0.15) is 5.60 Å². The number of amides is 1. The Morgan fingerprint density at radius 1 is 1.26 bits per heavy atom. The van der Waals surface area contributed by atoms with Gasteiger partial charge in [0.15, 0.2) is 11.6 Å². The van der Waals surface area contributed by atoms with Gasteiger partial charge in [-0.25, -0.2) is 13.6 Å². The summed E-state index contributed by atoms with van der Waals surface area (Å²) in [6.45, 7) is 8.12. The number of hydrogen-bond acceptors (Lipinski definition) is 5. The van der Waals surface area contributed by atoms with Crippen molar-refractivity contribution in [1.29, 1.82) is 0 Å². The molecule has 9 heteroatoms. The summed E-state index contributed by atoms with van der Waals surface area (Å²) in [5.41, 5.74) is 2.50. The van der Waals surface area contributed by atoms with Crippen LogP contribution in [0, 0.1) is 17.6 Å². The Labute approximate surface area is 207 Å². The van der Waals surface area contributed by atoms with Crippen LogP contribution < -0.4 is 9.80 Å². The van der Waals surface area contributed by atoms with E-state index in [4.69, 9.17) is 4.74 Å². The summed E-state index contributed by atoms with van der Waals surface area (Å²) in [6.07, 6.45) is 2.50. The summed E-state index contributed by atoms with van der Waals surface area (Å²) in [6, 6.07) is 1.40. The lowest BCUT2D eigenvalue weighted by Gasteiger charge is -2.30. The van der Waals surface area contributed by atoms with Crippen molar-refractivity contribution in [1.82, 2.24) is 9.88 Å². The van der Waals surface area contributed by atoms with Gasteiger partial charge in [0.2, 0.25) is 0 Å². The quantitative estimate of drug-likeness (QED) is 0.452. The molecule has 2 aliphatic heterocycles. The number of aromatic nitrogens is 1. The van der Waals surface area contributed by atoms with Gasteiger partial charge in [0, 0.05) is 62.5 Å². The zero-order chi connectivity index (χ0) is 24.5. The van der Waals surface area contributed by atoms with Gasteiger partial charge in [-0.3, -0.25) is 9.88 Å². The fraction of sp³-hybridized carbons (Fsp3) is 0.520. The standard InChI is InChI=1S/C25H29BrF2N4O2/c1-25(2,3)34-24(33)31(5)18-9-16(27)22(28)20-14(18)8-17-21(20)23(15(26)10-29-17)32-7-6-13-11-30(4)12-19(13)32/h9-10,13,19H,6-8,11-12H2,1-5H3/t13-,19?/m0/s1. The van der Waals surface area contributed by atoms with Gasteiger partial charge in [-0.2, -0.15) is 0 Å². The average molecular weight is 535 g/mol. The topological polar surface area (TPSA) is 48.9 Å². The number of likely N-dealkylation sites (N-methyl/N-ethyl adjacent to an activating group) is 1. The number of carbonyl (C=O) groups is 1. The molecule has 1 amide bonds. The molecule has 1 unspecified atom stereocenters. The first-order valence-electron chi connectivity index (χ1n) is 11.6. The molecule has 6 nitrogen and oxygen atoms in total. The fourth-order valence-corrected chi connectivity index (χ4v) is 6.16. The van der Waals surface area contributed by atoms with Crippen LogP contribution in [0.2, 0.25) is 0 Å². The Kier molecular flexibility index (Phi) is 5.63. The Hall–Kier alpha value is -2.26. The summed E-state index contributed by atoms with van der Waals surface area (Å²) >= 11 is 3.65. The van der Waals surface area contributed by atoms with Gasteiger partial charge in [-0.05, 0) is 61.7 Å². The molecule has 2 atom stereocenters. The van der Waals surface area contributed by atoms with E-state index in [0.717, 1.165) is 42.3 Å². The summed E-state index contributed by atoms with van der Waals surface area (Å²) in [4.78, 5) is 23.2. The second-order valence-electron chi connectivity index (χ2n) is 10.6. The number of anilines is 2. The molecular weight excluding hydrogens is 506 g/mol. The number of fused-ring (bicyclic) bond motifs is 4. The minimum atomic E-state index is -0.997. The van der Waals surface area contributed by atoms with E-state index < -0.39 is 23.3 Å².